The van der Waals surface area contributed by atoms with E-state index in [4.69, 9.17) is 4.74 Å². The van der Waals surface area contributed by atoms with Crippen LogP contribution in [0.4, 0.5) is 5.69 Å². The molecule has 0 saturated heterocycles. The molecule has 2 aromatic rings. The van der Waals surface area contributed by atoms with E-state index in [-0.39, 0.29) is 5.91 Å². The Bertz CT molecular complexity index is 674. The molecule has 0 unspecified atom stereocenters. The number of carbonyl (C=O) groups excluding carboxylic acids is 1. The normalized spacial score (nSPS) is 15.7. The zero-order valence-corrected chi connectivity index (χ0v) is 13.6. The van der Waals surface area contributed by atoms with E-state index in [0.717, 1.165) is 18.7 Å². The number of nitrogens with zero attached hydrogens (tertiary/aromatic N) is 3. The maximum Gasteiger partial charge on any atom is 0.257 e. The van der Waals surface area contributed by atoms with Gasteiger partial charge < -0.3 is 10.1 Å². The number of pyridine rings is 1. The number of aromatic nitrogens is 3. The zero-order valence-electron chi connectivity index (χ0n) is 13.6. The molecule has 23 heavy (non-hydrogen) atoms. The Morgan fingerprint density at radius 3 is 2.83 bits per heavy atom. The van der Waals surface area contributed by atoms with Crippen LogP contribution in [0.3, 0.4) is 0 Å². The van der Waals surface area contributed by atoms with Crippen molar-refractivity contribution in [2.75, 3.05) is 11.9 Å². The van der Waals surface area contributed by atoms with E-state index in [1.54, 1.807) is 17.1 Å². The van der Waals surface area contributed by atoms with Crippen molar-refractivity contribution in [2.45, 2.75) is 45.6 Å². The molecule has 6 nitrogen and oxygen atoms in total. The van der Waals surface area contributed by atoms with Gasteiger partial charge in [-0.1, -0.05) is 13.8 Å². The Hall–Kier alpha value is -2.37. The Morgan fingerprint density at radius 2 is 2.13 bits per heavy atom. The highest BCUT2D eigenvalue weighted by atomic mass is 16.5. The average Bonchev–Trinajstić information content (AvgIpc) is 3.39. The van der Waals surface area contributed by atoms with Crippen molar-refractivity contribution < 1.29 is 9.53 Å². The summed E-state index contributed by atoms with van der Waals surface area (Å²) in [5.74, 6) is 1.05. The molecule has 1 fully saturated rings. The SMILES string of the molecule is CC.O=C(Nc1cnn2c1OCCC2)c1ccc(C2CC2)nc1. The quantitative estimate of drug-likeness (QED) is 0.944. The molecule has 1 amide bonds. The monoisotopic (exact) mass is 314 g/mol. The molecule has 0 bridgehead atoms. The van der Waals surface area contributed by atoms with Crippen LogP contribution in [0.2, 0.25) is 0 Å². The molecule has 4 rings (SSSR count). The lowest BCUT2D eigenvalue weighted by atomic mass is 10.2. The van der Waals surface area contributed by atoms with Gasteiger partial charge in [-0.2, -0.15) is 5.10 Å². The van der Waals surface area contributed by atoms with Crippen molar-refractivity contribution in [3.63, 3.8) is 0 Å². The highest BCUT2D eigenvalue weighted by molar-refractivity contribution is 6.04. The summed E-state index contributed by atoms with van der Waals surface area (Å²) in [6.45, 7) is 5.48. The van der Waals surface area contributed by atoms with Crippen LogP contribution < -0.4 is 10.1 Å². The lowest BCUT2D eigenvalue weighted by Crippen LogP contribution is -2.17. The number of carbonyl (C=O) groups is 1. The van der Waals surface area contributed by atoms with E-state index in [1.165, 1.54) is 12.8 Å². The van der Waals surface area contributed by atoms with Gasteiger partial charge in [0, 0.05) is 30.8 Å². The number of amides is 1. The predicted octanol–water partition coefficient (Wildman–Crippen LogP) is 3.22. The summed E-state index contributed by atoms with van der Waals surface area (Å²) in [5, 5.41) is 7.05. The summed E-state index contributed by atoms with van der Waals surface area (Å²) in [5.41, 5.74) is 2.25. The minimum atomic E-state index is -0.185. The van der Waals surface area contributed by atoms with Crippen molar-refractivity contribution in [1.29, 1.82) is 0 Å². The zero-order chi connectivity index (χ0) is 16.2. The highest BCUT2D eigenvalue weighted by Gasteiger charge is 2.25. The lowest BCUT2D eigenvalue weighted by Gasteiger charge is -2.16. The molecule has 0 aromatic carbocycles. The minimum Gasteiger partial charge on any atom is -0.476 e. The second kappa shape index (κ2) is 6.81. The second-order valence-electron chi connectivity index (χ2n) is 5.49. The third kappa shape index (κ3) is 3.36. The smallest absolute Gasteiger partial charge is 0.257 e. The molecule has 3 heterocycles. The molecule has 1 N–H and O–H groups in total. The number of rotatable bonds is 3. The van der Waals surface area contributed by atoms with Crippen LogP contribution in [-0.2, 0) is 6.54 Å². The van der Waals surface area contributed by atoms with Crippen LogP contribution in [0.1, 0.15) is 55.1 Å². The van der Waals surface area contributed by atoms with Crippen LogP contribution in [-0.4, -0.2) is 27.3 Å². The molecule has 2 aliphatic rings. The fourth-order valence-electron chi connectivity index (χ4n) is 2.51. The Morgan fingerprint density at radius 1 is 1.30 bits per heavy atom. The minimum absolute atomic E-state index is 0.185. The van der Waals surface area contributed by atoms with Gasteiger partial charge in [0.15, 0.2) is 0 Å². The molecule has 0 radical (unpaired) electrons. The van der Waals surface area contributed by atoms with E-state index in [9.17, 15) is 4.79 Å². The molecule has 122 valence electrons. The Kier molecular flexibility index (Phi) is 4.60. The van der Waals surface area contributed by atoms with Gasteiger partial charge in [-0.3, -0.25) is 9.78 Å². The van der Waals surface area contributed by atoms with Crippen molar-refractivity contribution in [3.05, 3.63) is 35.8 Å². The van der Waals surface area contributed by atoms with Crippen molar-refractivity contribution in [1.82, 2.24) is 14.8 Å². The number of nitrogens with one attached hydrogen (secondary N) is 1. The molecule has 1 saturated carbocycles. The number of anilines is 1. The topological polar surface area (TPSA) is 69.0 Å². The van der Waals surface area contributed by atoms with Gasteiger partial charge >= 0.3 is 0 Å². The Balaban J connectivity index is 0.000000753. The first kappa shape index (κ1) is 15.5. The van der Waals surface area contributed by atoms with Crippen molar-refractivity contribution in [2.24, 2.45) is 0 Å². The molecule has 0 atom stereocenters. The summed E-state index contributed by atoms with van der Waals surface area (Å²) in [6, 6.07) is 3.77. The number of hydrogen-bond donors (Lipinski definition) is 1. The van der Waals surface area contributed by atoms with E-state index < -0.39 is 0 Å². The largest absolute Gasteiger partial charge is 0.476 e. The molecule has 6 heteroatoms. The summed E-state index contributed by atoms with van der Waals surface area (Å²) < 4.78 is 7.33. The maximum absolute atomic E-state index is 12.3. The number of aryl methyl sites for hydroxylation is 1. The molecule has 1 aliphatic heterocycles. The van der Waals surface area contributed by atoms with E-state index in [1.807, 2.05) is 26.0 Å². The molecule has 1 aliphatic carbocycles. The highest BCUT2D eigenvalue weighted by Crippen LogP contribution is 2.38. The summed E-state index contributed by atoms with van der Waals surface area (Å²) in [6.07, 6.45) is 6.62. The molecular weight excluding hydrogens is 292 g/mol. The third-order valence-corrected chi connectivity index (χ3v) is 3.84. The third-order valence-electron chi connectivity index (χ3n) is 3.84. The number of hydrogen-bond acceptors (Lipinski definition) is 4. The molecular formula is C17H22N4O2. The van der Waals surface area contributed by atoms with E-state index in [0.29, 0.717) is 29.7 Å². The van der Waals surface area contributed by atoms with Crippen LogP contribution >= 0.6 is 0 Å². The fraction of sp³-hybridized carbons (Fsp3) is 0.471. The fourth-order valence-corrected chi connectivity index (χ4v) is 2.51. The first-order valence-electron chi connectivity index (χ1n) is 8.27. The van der Waals surface area contributed by atoms with Gasteiger partial charge in [0.25, 0.3) is 5.91 Å². The van der Waals surface area contributed by atoms with E-state index >= 15 is 0 Å². The van der Waals surface area contributed by atoms with Crippen molar-refractivity contribution >= 4 is 11.6 Å². The van der Waals surface area contributed by atoms with Gasteiger partial charge in [0.05, 0.1) is 18.4 Å². The van der Waals surface area contributed by atoms with Crippen LogP contribution in [0, 0.1) is 0 Å². The van der Waals surface area contributed by atoms with Gasteiger partial charge in [0.2, 0.25) is 5.88 Å². The van der Waals surface area contributed by atoms with Crippen LogP contribution in [0.15, 0.2) is 24.5 Å². The first-order chi connectivity index (χ1) is 11.3. The maximum atomic E-state index is 12.3. The average molecular weight is 314 g/mol. The number of fused-ring (bicyclic) bond motifs is 1. The van der Waals surface area contributed by atoms with Crippen LogP contribution in [0.5, 0.6) is 5.88 Å². The summed E-state index contributed by atoms with van der Waals surface area (Å²) in [4.78, 5) is 16.6. The lowest BCUT2D eigenvalue weighted by molar-refractivity contribution is 0.102. The van der Waals surface area contributed by atoms with Gasteiger partial charge in [-0.25, -0.2) is 4.68 Å². The van der Waals surface area contributed by atoms with Gasteiger partial charge in [0.1, 0.15) is 5.69 Å². The van der Waals surface area contributed by atoms with Crippen LogP contribution in [0.25, 0.3) is 0 Å². The standard InChI is InChI=1S/C15H16N4O2.C2H6/c20-14(11-4-5-12(16-8-11)10-2-3-10)18-13-9-17-19-6-1-7-21-15(13)19;1-2/h4-5,8-10H,1-3,6-7H2,(H,18,20);1-2H3. The predicted molar refractivity (Wildman–Crippen MR) is 87.9 cm³/mol. The molecule has 0 spiro atoms. The summed E-state index contributed by atoms with van der Waals surface area (Å²) in [7, 11) is 0. The Labute approximate surface area is 135 Å². The van der Waals surface area contributed by atoms with E-state index in [2.05, 4.69) is 15.4 Å². The van der Waals surface area contributed by atoms with Gasteiger partial charge in [-0.15, -0.1) is 0 Å². The second-order valence-corrected chi connectivity index (χ2v) is 5.49. The number of ether oxygens (including phenoxy) is 1. The summed E-state index contributed by atoms with van der Waals surface area (Å²) >= 11 is 0. The van der Waals surface area contributed by atoms with Gasteiger partial charge in [-0.05, 0) is 25.0 Å². The first-order valence-corrected chi connectivity index (χ1v) is 8.27. The van der Waals surface area contributed by atoms with Crippen molar-refractivity contribution in [3.8, 4) is 5.88 Å². The molecule has 2 aromatic heterocycles.